The number of halogens is 2. The minimum absolute atomic E-state index is 0.0314. The van der Waals surface area contributed by atoms with Gasteiger partial charge in [0.05, 0.1) is 18.2 Å². The van der Waals surface area contributed by atoms with Crippen LogP contribution in [0.4, 0.5) is 8.78 Å². The van der Waals surface area contributed by atoms with E-state index in [2.05, 4.69) is 15.7 Å². The Bertz CT molecular complexity index is 746. The smallest absolute Gasteiger partial charge is 0.225 e. The van der Waals surface area contributed by atoms with Crippen LogP contribution in [0, 0.1) is 17.6 Å². The molecule has 3 atom stereocenters. The molecular formula is C17H20F2N4O. The number of nitrogens with one attached hydrogen (secondary N) is 2. The molecule has 0 saturated carbocycles. The van der Waals surface area contributed by atoms with Crippen molar-refractivity contribution in [1.82, 2.24) is 20.4 Å². The maximum Gasteiger partial charge on any atom is 0.225 e. The first kappa shape index (κ1) is 16.6. The third kappa shape index (κ3) is 3.31. The Hall–Kier alpha value is -2.28. The molecule has 0 spiro atoms. The third-order valence-electron chi connectivity index (χ3n) is 4.49. The Morgan fingerprint density at radius 3 is 2.88 bits per heavy atom. The molecule has 2 heterocycles. The fourth-order valence-electron chi connectivity index (χ4n) is 3.19. The quantitative estimate of drug-likeness (QED) is 0.898. The van der Waals surface area contributed by atoms with Gasteiger partial charge in [-0.3, -0.25) is 9.48 Å². The molecule has 1 unspecified atom stereocenters. The van der Waals surface area contributed by atoms with Gasteiger partial charge in [-0.15, -0.1) is 0 Å². The van der Waals surface area contributed by atoms with E-state index >= 15 is 0 Å². The summed E-state index contributed by atoms with van der Waals surface area (Å²) in [5.74, 6) is -1.66. The molecule has 24 heavy (non-hydrogen) atoms. The standard InChI is InChI=1S/C17H20F2N4O/c1-10(13-4-3-12(18)5-16(13)19)22-17(24)15-8-20-7-14(15)11-6-21-23(2)9-11/h3-6,9-10,14-15,20H,7-8H2,1-2H3,(H,22,24)/t10?,14-,15+/m1/s1. The second-order valence-electron chi connectivity index (χ2n) is 6.21. The predicted octanol–water partition coefficient (Wildman–Crippen LogP) is 1.88. The zero-order valence-corrected chi connectivity index (χ0v) is 13.6. The average molecular weight is 334 g/mol. The molecule has 7 heteroatoms. The van der Waals surface area contributed by atoms with Gasteiger partial charge in [-0.1, -0.05) is 6.07 Å². The van der Waals surface area contributed by atoms with E-state index in [4.69, 9.17) is 0 Å². The monoisotopic (exact) mass is 334 g/mol. The first-order valence-electron chi connectivity index (χ1n) is 7.90. The number of hydrogen-bond donors (Lipinski definition) is 2. The number of carbonyl (C=O) groups is 1. The van der Waals surface area contributed by atoms with E-state index in [-0.39, 0.29) is 23.3 Å². The Balaban J connectivity index is 1.71. The van der Waals surface area contributed by atoms with E-state index in [1.165, 1.54) is 12.1 Å². The maximum atomic E-state index is 13.9. The van der Waals surface area contributed by atoms with Gasteiger partial charge in [0.2, 0.25) is 5.91 Å². The largest absolute Gasteiger partial charge is 0.349 e. The molecule has 1 amide bonds. The van der Waals surface area contributed by atoms with Crippen LogP contribution in [0.15, 0.2) is 30.6 Å². The van der Waals surface area contributed by atoms with E-state index in [0.29, 0.717) is 13.1 Å². The summed E-state index contributed by atoms with van der Waals surface area (Å²) in [7, 11) is 1.83. The van der Waals surface area contributed by atoms with Crippen molar-refractivity contribution in [3.05, 3.63) is 53.4 Å². The number of rotatable bonds is 4. The molecule has 1 aromatic heterocycles. The summed E-state index contributed by atoms with van der Waals surface area (Å²) in [6.07, 6.45) is 3.67. The molecule has 1 aliphatic rings. The van der Waals surface area contributed by atoms with Gasteiger partial charge in [-0.05, 0) is 18.6 Å². The lowest BCUT2D eigenvalue weighted by Crippen LogP contribution is -2.36. The number of hydrogen-bond acceptors (Lipinski definition) is 3. The normalized spacial score (nSPS) is 21.7. The highest BCUT2D eigenvalue weighted by atomic mass is 19.1. The second kappa shape index (κ2) is 6.68. The fraction of sp³-hybridized carbons (Fsp3) is 0.412. The van der Waals surface area contributed by atoms with Crippen LogP contribution in [0.2, 0.25) is 0 Å². The molecule has 0 bridgehead atoms. The molecule has 3 rings (SSSR count). The lowest BCUT2D eigenvalue weighted by atomic mass is 9.90. The summed E-state index contributed by atoms with van der Waals surface area (Å²) in [5, 5.41) is 10.2. The number of aromatic nitrogens is 2. The molecule has 2 aromatic rings. The molecule has 1 fully saturated rings. The van der Waals surface area contributed by atoms with Gasteiger partial charge in [0.1, 0.15) is 11.6 Å². The first-order chi connectivity index (χ1) is 11.5. The molecule has 5 nitrogen and oxygen atoms in total. The van der Waals surface area contributed by atoms with Crippen LogP contribution in [-0.4, -0.2) is 28.8 Å². The van der Waals surface area contributed by atoms with Crippen molar-refractivity contribution in [2.75, 3.05) is 13.1 Å². The van der Waals surface area contributed by atoms with Crippen molar-refractivity contribution in [2.24, 2.45) is 13.0 Å². The lowest BCUT2D eigenvalue weighted by Gasteiger charge is -2.21. The van der Waals surface area contributed by atoms with E-state index in [1.54, 1.807) is 17.8 Å². The number of nitrogens with zero attached hydrogens (tertiary/aromatic N) is 2. The molecule has 2 N–H and O–H groups in total. The molecule has 1 aliphatic heterocycles. The van der Waals surface area contributed by atoms with Gasteiger partial charge in [0.25, 0.3) is 0 Å². The fourth-order valence-corrected chi connectivity index (χ4v) is 3.19. The Labute approximate surface area is 139 Å². The first-order valence-corrected chi connectivity index (χ1v) is 7.90. The SMILES string of the molecule is CC(NC(=O)[C@H]1CNC[C@@H]1c1cnn(C)c1)c1ccc(F)cc1F. The van der Waals surface area contributed by atoms with Crippen molar-refractivity contribution in [3.8, 4) is 0 Å². The highest BCUT2D eigenvalue weighted by Crippen LogP contribution is 2.29. The van der Waals surface area contributed by atoms with E-state index in [1.807, 2.05) is 13.2 Å². The van der Waals surface area contributed by atoms with Crippen LogP contribution in [0.5, 0.6) is 0 Å². The van der Waals surface area contributed by atoms with Crippen LogP contribution < -0.4 is 10.6 Å². The lowest BCUT2D eigenvalue weighted by molar-refractivity contribution is -0.125. The van der Waals surface area contributed by atoms with Gasteiger partial charge >= 0.3 is 0 Å². The Morgan fingerprint density at radius 2 is 2.21 bits per heavy atom. The van der Waals surface area contributed by atoms with Crippen LogP contribution in [0.1, 0.15) is 30.0 Å². The summed E-state index contributed by atoms with van der Waals surface area (Å²) < 4.78 is 28.6. The van der Waals surface area contributed by atoms with Gasteiger partial charge in [-0.25, -0.2) is 8.78 Å². The number of aryl methyl sites for hydroxylation is 1. The molecule has 1 saturated heterocycles. The van der Waals surface area contributed by atoms with Crippen LogP contribution in [0.3, 0.4) is 0 Å². The van der Waals surface area contributed by atoms with Gasteiger partial charge < -0.3 is 10.6 Å². The van der Waals surface area contributed by atoms with Crippen molar-refractivity contribution in [1.29, 1.82) is 0 Å². The molecule has 1 aromatic carbocycles. The summed E-state index contributed by atoms with van der Waals surface area (Å²) in [4.78, 5) is 12.6. The van der Waals surface area contributed by atoms with Gasteiger partial charge in [-0.2, -0.15) is 5.10 Å². The van der Waals surface area contributed by atoms with Crippen molar-refractivity contribution >= 4 is 5.91 Å². The summed E-state index contributed by atoms with van der Waals surface area (Å²) >= 11 is 0. The zero-order chi connectivity index (χ0) is 17.3. The second-order valence-corrected chi connectivity index (χ2v) is 6.21. The summed E-state index contributed by atoms with van der Waals surface area (Å²) in [6, 6.07) is 2.85. The minimum Gasteiger partial charge on any atom is -0.349 e. The predicted molar refractivity (Wildman–Crippen MR) is 85.2 cm³/mol. The molecule has 128 valence electrons. The van der Waals surface area contributed by atoms with E-state index < -0.39 is 17.7 Å². The Kier molecular flexibility index (Phi) is 4.62. The maximum absolute atomic E-state index is 13.9. The zero-order valence-electron chi connectivity index (χ0n) is 13.6. The number of benzene rings is 1. The minimum atomic E-state index is -0.656. The van der Waals surface area contributed by atoms with Crippen molar-refractivity contribution in [3.63, 3.8) is 0 Å². The van der Waals surface area contributed by atoms with Crippen LogP contribution in [-0.2, 0) is 11.8 Å². The van der Waals surface area contributed by atoms with E-state index in [0.717, 1.165) is 11.6 Å². The molecule has 0 aliphatic carbocycles. The molecule has 0 radical (unpaired) electrons. The van der Waals surface area contributed by atoms with Crippen molar-refractivity contribution < 1.29 is 13.6 Å². The summed E-state index contributed by atoms with van der Waals surface area (Å²) in [5.41, 5.74) is 1.27. The third-order valence-corrected chi connectivity index (χ3v) is 4.49. The number of amides is 1. The van der Waals surface area contributed by atoms with Crippen LogP contribution >= 0.6 is 0 Å². The van der Waals surface area contributed by atoms with Gasteiger partial charge in [0.15, 0.2) is 0 Å². The molecular weight excluding hydrogens is 314 g/mol. The number of carbonyl (C=O) groups excluding carboxylic acids is 1. The van der Waals surface area contributed by atoms with Gasteiger partial charge in [0, 0.05) is 43.9 Å². The topological polar surface area (TPSA) is 59.0 Å². The highest BCUT2D eigenvalue weighted by Gasteiger charge is 2.35. The van der Waals surface area contributed by atoms with E-state index in [9.17, 15) is 13.6 Å². The van der Waals surface area contributed by atoms with Crippen LogP contribution in [0.25, 0.3) is 0 Å². The average Bonchev–Trinajstić information content (AvgIpc) is 3.15. The highest BCUT2D eigenvalue weighted by molar-refractivity contribution is 5.81. The van der Waals surface area contributed by atoms with Crippen molar-refractivity contribution in [2.45, 2.75) is 18.9 Å². The summed E-state index contributed by atoms with van der Waals surface area (Å²) in [6.45, 7) is 2.95. The Morgan fingerprint density at radius 1 is 1.42 bits per heavy atom.